The molecule has 4 aromatic rings. The summed E-state index contributed by atoms with van der Waals surface area (Å²) in [6, 6.07) is 7.28. The monoisotopic (exact) mass is 433 g/mol. The van der Waals surface area contributed by atoms with Crippen LogP contribution in [-0.2, 0) is 6.54 Å². The third kappa shape index (κ3) is 3.58. The van der Waals surface area contributed by atoms with Gasteiger partial charge in [-0.1, -0.05) is 0 Å². The number of fused-ring (bicyclic) bond motifs is 1. The number of hydrogen-bond donors (Lipinski definition) is 1. The molecular weight excluding hydrogens is 410 g/mol. The lowest BCUT2D eigenvalue weighted by molar-refractivity contribution is 0.415. The Morgan fingerprint density at radius 1 is 1.12 bits per heavy atom. The molecule has 1 aliphatic rings. The maximum Gasteiger partial charge on any atom is 0.253 e. The molecule has 10 heteroatoms. The summed E-state index contributed by atoms with van der Waals surface area (Å²) in [5.74, 6) is 1.86. The van der Waals surface area contributed by atoms with E-state index >= 15 is 0 Å². The number of hydrogen-bond acceptors (Lipinski definition) is 9. The van der Waals surface area contributed by atoms with Crippen LogP contribution >= 0.6 is 0 Å². The van der Waals surface area contributed by atoms with Crippen LogP contribution in [0.3, 0.4) is 0 Å². The van der Waals surface area contributed by atoms with E-state index in [-0.39, 0.29) is 11.3 Å². The standard InChI is InChI=1S/C22H23N7O3/c1-3-28-13-17(21-27-26-20(32-21)14-4-6-15(31-2)7-5-14)18(30)16-12-24-22(25-19(16)28)29-10-8-23-9-11-29/h4-7,12-13,23H,3,8-11H2,1-2H3. The van der Waals surface area contributed by atoms with Gasteiger partial charge in [0.1, 0.15) is 17.0 Å². The van der Waals surface area contributed by atoms with Crippen LogP contribution in [0.5, 0.6) is 5.75 Å². The van der Waals surface area contributed by atoms with E-state index in [1.54, 1.807) is 19.5 Å². The second-order valence-electron chi connectivity index (χ2n) is 7.44. The van der Waals surface area contributed by atoms with Gasteiger partial charge in [0.15, 0.2) is 0 Å². The zero-order chi connectivity index (χ0) is 22.1. The maximum atomic E-state index is 13.3. The van der Waals surface area contributed by atoms with E-state index in [2.05, 4.69) is 25.4 Å². The summed E-state index contributed by atoms with van der Waals surface area (Å²) in [5.41, 5.74) is 1.43. The number of pyridine rings is 1. The maximum absolute atomic E-state index is 13.3. The molecule has 0 aliphatic carbocycles. The highest BCUT2D eigenvalue weighted by atomic mass is 16.5. The lowest BCUT2D eigenvalue weighted by Crippen LogP contribution is -2.44. The molecule has 10 nitrogen and oxygen atoms in total. The molecular formula is C22H23N7O3. The number of benzene rings is 1. The molecule has 1 N–H and O–H groups in total. The zero-order valence-electron chi connectivity index (χ0n) is 17.9. The number of rotatable bonds is 5. The Balaban J connectivity index is 1.55. The van der Waals surface area contributed by atoms with Crippen LogP contribution in [0.15, 0.2) is 45.9 Å². The van der Waals surface area contributed by atoms with Crippen LogP contribution in [0.2, 0.25) is 0 Å². The first-order valence-electron chi connectivity index (χ1n) is 10.5. The molecule has 3 aromatic heterocycles. The third-order valence-electron chi connectivity index (χ3n) is 5.54. The number of methoxy groups -OCH3 is 1. The Morgan fingerprint density at radius 2 is 1.88 bits per heavy atom. The summed E-state index contributed by atoms with van der Waals surface area (Å²) in [4.78, 5) is 24.5. The van der Waals surface area contributed by atoms with Gasteiger partial charge < -0.3 is 23.9 Å². The highest BCUT2D eigenvalue weighted by Crippen LogP contribution is 2.25. The fourth-order valence-corrected chi connectivity index (χ4v) is 3.76. The van der Waals surface area contributed by atoms with Gasteiger partial charge in [0.05, 0.1) is 12.5 Å². The molecule has 0 amide bonds. The van der Waals surface area contributed by atoms with Crippen molar-refractivity contribution in [2.45, 2.75) is 13.5 Å². The van der Waals surface area contributed by atoms with Crippen molar-refractivity contribution >= 4 is 17.0 Å². The summed E-state index contributed by atoms with van der Waals surface area (Å²) >= 11 is 0. The summed E-state index contributed by atoms with van der Waals surface area (Å²) in [6.45, 7) is 6.05. The Bertz CT molecular complexity index is 1310. The highest BCUT2D eigenvalue weighted by Gasteiger charge is 2.20. The number of anilines is 1. The Labute approximate surface area is 183 Å². The van der Waals surface area contributed by atoms with Crippen LogP contribution < -0.4 is 20.4 Å². The molecule has 1 fully saturated rings. The summed E-state index contributed by atoms with van der Waals surface area (Å²) in [5, 5.41) is 12.0. The minimum absolute atomic E-state index is 0.163. The molecule has 32 heavy (non-hydrogen) atoms. The van der Waals surface area contributed by atoms with Crippen LogP contribution in [0, 0.1) is 0 Å². The zero-order valence-corrected chi connectivity index (χ0v) is 17.9. The SMILES string of the molecule is CCn1cc(-c2nnc(-c3ccc(OC)cc3)o2)c(=O)c2cnc(N3CCNCC3)nc21. The second-order valence-corrected chi connectivity index (χ2v) is 7.44. The molecule has 164 valence electrons. The molecule has 0 saturated carbocycles. The smallest absolute Gasteiger partial charge is 0.253 e. The molecule has 0 bridgehead atoms. The normalized spacial score (nSPS) is 14.1. The van der Waals surface area contributed by atoms with E-state index in [9.17, 15) is 4.79 Å². The fourth-order valence-electron chi connectivity index (χ4n) is 3.76. The number of aromatic nitrogens is 5. The van der Waals surface area contributed by atoms with Crippen molar-refractivity contribution in [1.29, 1.82) is 0 Å². The summed E-state index contributed by atoms with van der Waals surface area (Å²) in [7, 11) is 1.61. The van der Waals surface area contributed by atoms with Gasteiger partial charge in [0.2, 0.25) is 17.3 Å². The van der Waals surface area contributed by atoms with Crippen LogP contribution in [-0.4, -0.2) is 58.0 Å². The predicted octanol–water partition coefficient (Wildman–Crippen LogP) is 1.95. The molecule has 1 saturated heterocycles. The van der Waals surface area contributed by atoms with Gasteiger partial charge in [0.25, 0.3) is 5.89 Å². The van der Waals surface area contributed by atoms with Crippen molar-refractivity contribution in [2.24, 2.45) is 0 Å². The highest BCUT2D eigenvalue weighted by molar-refractivity contribution is 5.80. The first kappa shape index (κ1) is 20.1. The van der Waals surface area contributed by atoms with Crippen LogP contribution in [0.25, 0.3) is 33.9 Å². The molecule has 0 unspecified atom stereocenters. The topological polar surface area (TPSA) is 111 Å². The number of ether oxygens (including phenoxy) is 1. The van der Waals surface area contributed by atoms with Gasteiger partial charge in [-0.3, -0.25) is 4.79 Å². The van der Waals surface area contributed by atoms with E-state index < -0.39 is 0 Å². The van der Waals surface area contributed by atoms with Gasteiger partial charge >= 0.3 is 0 Å². The molecule has 0 radical (unpaired) electrons. The number of nitrogens with one attached hydrogen (secondary N) is 1. The Kier molecular flexibility index (Phi) is 5.28. The van der Waals surface area contributed by atoms with Crippen molar-refractivity contribution in [3.8, 4) is 28.7 Å². The molecule has 1 aromatic carbocycles. The number of aryl methyl sites for hydroxylation is 1. The molecule has 0 spiro atoms. The van der Waals surface area contributed by atoms with E-state index in [1.807, 2.05) is 35.8 Å². The van der Waals surface area contributed by atoms with Crippen LogP contribution in [0.4, 0.5) is 5.95 Å². The number of nitrogens with zero attached hydrogens (tertiary/aromatic N) is 6. The molecule has 1 aliphatic heterocycles. The Hall–Kier alpha value is -3.79. The molecule has 5 rings (SSSR count). The Morgan fingerprint density at radius 3 is 2.59 bits per heavy atom. The van der Waals surface area contributed by atoms with E-state index in [0.717, 1.165) is 37.5 Å². The summed E-state index contributed by atoms with van der Waals surface area (Å²) < 4.78 is 12.9. The van der Waals surface area contributed by atoms with Crippen molar-refractivity contribution in [2.75, 3.05) is 38.2 Å². The van der Waals surface area contributed by atoms with Crippen molar-refractivity contribution in [3.63, 3.8) is 0 Å². The first-order chi connectivity index (χ1) is 15.7. The van der Waals surface area contributed by atoms with Gasteiger partial charge in [-0.15, -0.1) is 10.2 Å². The van der Waals surface area contributed by atoms with Gasteiger partial charge in [0, 0.05) is 50.7 Å². The van der Waals surface area contributed by atoms with Gasteiger partial charge in [-0.05, 0) is 31.2 Å². The van der Waals surface area contributed by atoms with Crippen LogP contribution in [0.1, 0.15) is 6.92 Å². The molecule has 4 heterocycles. The number of piperazine rings is 1. The molecule has 0 atom stereocenters. The van der Waals surface area contributed by atoms with E-state index in [1.165, 1.54) is 0 Å². The van der Waals surface area contributed by atoms with Crippen molar-refractivity contribution in [3.05, 3.63) is 46.9 Å². The second kappa shape index (κ2) is 8.39. The summed E-state index contributed by atoms with van der Waals surface area (Å²) in [6.07, 6.45) is 3.32. The lowest BCUT2D eigenvalue weighted by Gasteiger charge is -2.27. The average Bonchev–Trinajstić information content (AvgIpc) is 3.35. The quantitative estimate of drug-likeness (QED) is 0.505. The minimum Gasteiger partial charge on any atom is -0.497 e. The van der Waals surface area contributed by atoms with Gasteiger partial charge in [-0.25, -0.2) is 4.98 Å². The third-order valence-corrected chi connectivity index (χ3v) is 5.54. The predicted molar refractivity (Wildman–Crippen MR) is 120 cm³/mol. The van der Waals surface area contributed by atoms with Crippen molar-refractivity contribution in [1.82, 2.24) is 30.0 Å². The lowest BCUT2D eigenvalue weighted by atomic mass is 10.2. The average molecular weight is 433 g/mol. The van der Waals surface area contributed by atoms with Gasteiger partial charge in [-0.2, -0.15) is 4.98 Å². The fraction of sp³-hybridized carbons (Fsp3) is 0.318. The largest absolute Gasteiger partial charge is 0.497 e. The first-order valence-corrected chi connectivity index (χ1v) is 10.5. The van der Waals surface area contributed by atoms with E-state index in [4.69, 9.17) is 14.1 Å². The minimum atomic E-state index is -0.235. The van der Waals surface area contributed by atoms with E-state index in [0.29, 0.717) is 35.0 Å². The van der Waals surface area contributed by atoms with Crippen molar-refractivity contribution < 1.29 is 9.15 Å².